The van der Waals surface area contributed by atoms with Crippen molar-refractivity contribution >= 4 is 39.4 Å². The molecule has 5 aliphatic rings. The van der Waals surface area contributed by atoms with Gasteiger partial charge in [0, 0.05) is 12.6 Å². The van der Waals surface area contributed by atoms with Crippen LogP contribution in [0.5, 0.6) is 0 Å². The molecule has 0 aromatic carbocycles. The Bertz CT molecular complexity index is 1500. The number of nitrogens with zero attached hydrogens (tertiary/aromatic N) is 1. The summed E-state index contributed by atoms with van der Waals surface area (Å²) < 4.78 is 26.3. The first-order valence-electron chi connectivity index (χ1n) is 19.3. The highest BCUT2D eigenvalue weighted by atomic mass is 32.2. The van der Waals surface area contributed by atoms with Crippen LogP contribution < -0.4 is 21.3 Å². The average molecular weight is 734 g/mol. The molecule has 288 valence electrons. The van der Waals surface area contributed by atoms with E-state index in [-0.39, 0.29) is 23.3 Å². The van der Waals surface area contributed by atoms with Crippen molar-refractivity contribution in [1.29, 1.82) is 0 Å². The molecule has 12 nitrogen and oxygen atoms in total. The van der Waals surface area contributed by atoms with Gasteiger partial charge in [0.1, 0.15) is 12.1 Å². The third kappa shape index (κ3) is 8.28. The molecule has 51 heavy (non-hydrogen) atoms. The van der Waals surface area contributed by atoms with E-state index in [1.807, 2.05) is 20.8 Å². The molecule has 4 saturated carbocycles. The highest BCUT2D eigenvalue weighted by Gasteiger charge is 2.70. The van der Waals surface area contributed by atoms with Gasteiger partial charge in [-0.15, -0.1) is 0 Å². The number of hydrogen-bond acceptors (Lipinski definition) is 7. The fourth-order valence-corrected chi connectivity index (χ4v) is 10.6. The summed E-state index contributed by atoms with van der Waals surface area (Å²) in [4.78, 5) is 70.4. The van der Waals surface area contributed by atoms with Crippen LogP contribution in [0.15, 0.2) is 0 Å². The van der Waals surface area contributed by atoms with E-state index >= 15 is 0 Å². The van der Waals surface area contributed by atoms with E-state index in [0.717, 1.165) is 51.4 Å². The van der Waals surface area contributed by atoms with Crippen molar-refractivity contribution < 1.29 is 32.4 Å². The van der Waals surface area contributed by atoms with Crippen molar-refractivity contribution in [2.45, 2.75) is 173 Å². The SMILES string of the molecule is C[C@@H](C1(NC(=O)N[C@H](C(=O)N2C[C@H]3[C@@H]([C@H]2C(=O)N[C@@H](CCC2CC2)C(=O)C(=O)NC2CC2)C3(C)C)C(C)(C)C)CCCCC1)S(=O)(=O)C(C)(C)C. The van der Waals surface area contributed by atoms with Crippen molar-refractivity contribution in [3.63, 3.8) is 0 Å². The molecule has 13 heteroatoms. The minimum atomic E-state index is -3.64. The Morgan fingerprint density at radius 3 is 2.02 bits per heavy atom. The van der Waals surface area contributed by atoms with E-state index in [9.17, 15) is 32.4 Å². The van der Waals surface area contributed by atoms with Crippen molar-refractivity contribution in [3.8, 4) is 0 Å². The molecule has 0 unspecified atom stereocenters. The van der Waals surface area contributed by atoms with Crippen LogP contribution in [-0.2, 0) is 29.0 Å². The Hall–Kier alpha value is -2.70. The molecule has 0 radical (unpaired) electrons. The summed E-state index contributed by atoms with van der Waals surface area (Å²) in [5.41, 5.74) is -1.95. The van der Waals surface area contributed by atoms with Gasteiger partial charge in [0.05, 0.1) is 21.6 Å². The smallest absolute Gasteiger partial charge is 0.315 e. The molecule has 5 rings (SSSR count). The number of carbonyl (C=O) groups is 5. The van der Waals surface area contributed by atoms with E-state index in [4.69, 9.17) is 0 Å². The number of urea groups is 1. The largest absolute Gasteiger partial charge is 0.347 e. The normalized spacial score (nSPS) is 27.3. The van der Waals surface area contributed by atoms with Crippen molar-refractivity contribution in [2.75, 3.05) is 6.54 Å². The van der Waals surface area contributed by atoms with Crippen molar-refractivity contribution in [1.82, 2.24) is 26.2 Å². The van der Waals surface area contributed by atoms with Crippen LogP contribution in [0.25, 0.3) is 0 Å². The number of rotatable bonds is 13. The number of likely N-dealkylation sites (tertiary alicyclic amines) is 1. The van der Waals surface area contributed by atoms with E-state index in [2.05, 4.69) is 35.1 Å². The maximum Gasteiger partial charge on any atom is 0.315 e. The Morgan fingerprint density at radius 2 is 1.49 bits per heavy atom. The zero-order valence-corrected chi connectivity index (χ0v) is 33.1. The molecule has 4 aliphatic carbocycles. The summed E-state index contributed by atoms with van der Waals surface area (Å²) in [6.07, 6.45) is 8.46. The molecule has 6 atom stereocenters. The van der Waals surface area contributed by atoms with E-state index < -0.39 is 78.4 Å². The first-order valence-corrected chi connectivity index (χ1v) is 20.8. The molecule has 1 saturated heterocycles. The average Bonchev–Trinajstić information content (AvgIpc) is 3.99. The van der Waals surface area contributed by atoms with E-state index in [1.165, 1.54) is 0 Å². The van der Waals surface area contributed by atoms with Crippen molar-refractivity contribution in [3.05, 3.63) is 0 Å². The lowest BCUT2D eigenvalue weighted by Crippen LogP contribution is -2.66. The van der Waals surface area contributed by atoms with Gasteiger partial charge in [-0.2, -0.15) is 0 Å². The second-order valence-electron chi connectivity index (χ2n) is 19.0. The maximum atomic E-state index is 14.6. The summed E-state index contributed by atoms with van der Waals surface area (Å²) >= 11 is 0. The number of carbonyl (C=O) groups excluding carboxylic acids is 5. The number of hydrogen-bond donors (Lipinski definition) is 4. The minimum Gasteiger partial charge on any atom is -0.347 e. The van der Waals surface area contributed by atoms with Crippen LogP contribution in [0.1, 0.15) is 133 Å². The number of nitrogens with one attached hydrogen (secondary N) is 4. The standard InChI is InChI=1S/C38H63N5O7S/c1-22(51(49,50)36(5,6)7)38(19-11-10-12-20-38)42-34(48)41-30(35(2,3)4)33(47)43-21-25-27(37(25,8)9)28(43)31(45)40-26(18-15-23-13-14-23)29(44)32(46)39-24-16-17-24/h22-28,30H,10-21H2,1-9H3,(H,39,46)(H,40,45)(H2,41,42,48)/t22-,25-,26-,27-,28-,30+/m0/s1. The van der Waals surface area contributed by atoms with Gasteiger partial charge in [-0.25, -0.2) is 13.2 Å². The predicted octanol–water partition coefficient (Wildman–Crippen LogP) is 4.01. The summed E-state index contributed by atoms with van der Waals surface area (Å²) in [5, 5.41) is 10.8. The lowest BCUT2D eigenvalue weighted by molar-refractivity contribution is -0.145. The molecule has 0 aromatic heterocycles. The second-order valence-corrected chi connectivity index (χ2v) is 22.0. The van der Waals surface area contributed by atoms with Crippen LogP contribution >= 0.6 is 0 Å². The zero-order valence-electron chi connectivity index (χ0n) is 32.3. The topological polar surface area (TPSA) is 171 Å². The summed E-state index contributed by atoms with van der Waals surface area (Å²) in [5.74, 6) is -1.75. The quantitative estimate of drug-likeness (QED) is 0.207. The highest BCUT2D eigenvalue weighted by molar-refractivity contribution is 7.93. The minimum absolute atomic E-state index is 0.00956. The van der Waals surface area contributed by atoms with Crippen LogP contribution in [0.2, 0.25) is 0 Å². The number of sulfone groups is 1. The van der Waals surface area contributed by atoms with Gasteiger partial charge in [-0.1, -0.05) is 66.7 Å². The predicted molar refractivity (Wildman–Crippen MR) is 195 cm³/mol. The Labute approximate surface area is 305 Å². The van der Waals surface area contributed by atoms with Gasteiger partial charge < -0.3 is 26.2 Å². The molecular weight excluding hydrogens is 671 g/mol. The monoisotopic (exact) mass is 733 g/mol. The first kappa shape index (κ1) is 39.5. The summed E-state index contributed by atoms with van der Waals surface area (Å²) in [6.45, 7) is 16.7. The van der Waals surface area contributed by atoms with E-state index in [0.29, 0.717) is 31.7 Å². The molecule has 4 N–H and O–H groups in total. The number of ketones is 1. The van der Waals surface area contributed by atoms with Gasteiger partial charge >= 0.3 is 6.03 Å². The number of piperidine rings is 1. The van der Waals surface area contributed by atoms with E-state index in [1.54, 1.807) is 32.6 Å². The number of fused-ring (bicyclic) bond motifs is 1. The fourth-order valence-electron chi connectivity index (χ4n) is 8.64. The van der Waals surface area contributed by atoms with Crippen LogP contribution in [0, 0.1) is 28.6 Å². The molecule has 0 spiro atoms. The number of amides is 5. The lowest BCUT2D eigenvalue weighted by atomic mass is 9.79. The van der Waals surface area contributed by atoms with Crippen molar-refractivity contribution in [2.24, 2.45) is 28.6 Å². The highest BCUT2D eigenvalue weighted by Crippen LogP contribution is 2.65. The summed E-state index contributed by atoms with van der Waals surface area (Å²) in [6, 6.07) is -3.47. The fraction of sp³-hybridized carbons (Fsp3) is 0.868. The third-order valence-electron chi connectivity index (χ3n) is 12.7. The molecule has 5 amide bonds. The second kappa shape index (κ2) is 13.9. The Balaban J connectivity index is 1.35. The van der Waals surface area contributed by atoms with Gasteiger partial charge in [-0.3, -0.25) is 19.2 Å². The lowest BCUT2D eigenvalue weighted by Gasteiger charge is -2.45. The Kier molecular flexibility index (Phi) is 10.8. The summed E-state index contributed by atoms with van der Waals surface area (Å²) in [7, 11) is -3.64. The number of Topliss-reactive ketones (excluding diaryl/α,β-unsaturated/α-hetero) is 1. The van der Waals surface area contributed by atoms with Crippen LogP contribution in [0.3, 0.4) is 0 Å². The first-order chi connectivity index (χ1) is 23.5. The molecule has 5 fully saturated rings. The third-order valence-corrected chi connectivity index (χ3v) is 15.8. The molecule has 0 aromatic rings. The maximum absolute atomic E-state index is 14.6. The molecule has 0 bridgehead atoms. The van der Waals surface area contributed by atoms with Gasteiger partial charge in [0.15, 0.2) is 9.84 Å². The zero-order chi connectivity index (χ0) is 37.9. The van der Waals surface area contributed by atoms with Crippen LogP contribution in [0.4, 0.5) is 4.79 Å². The molecular formula is C38H63N5O7S. The van der Waals surface area contributed by atoms with Gasteiger partial charge in [-0.05, 0) is 94.8 Å². The van der Waals surface area contributed by atoms with Crippen LogP contribution in [-0.4, -0.2) is 89.1 Å². The molecule has 1 heterocycles. The molecule has 1 aliphatic heterocycles. The van der Waals surface area contributed by atoms with Gasteiger partial charge in [0.25, 0.3) is 5.91 Å². The Morgan fingerprint density at radius 1 is 0.882 bits per heavy atom. The van der Waals surface area contributed by atoms with Gasteiger partial charge in [0.2, 0.25) is 17.6 Å².